The molecule has 0 spiro atoms. The van der Waals surface area contributed by atoms with Crippen molar-refractivity contribution < 1.29 is 4.79 Å². The molecule has 3 nitrogen and oxygen atoms in total. The number of nitrogens with zero attached hydrogens (tertiary/aromatic N) is 1. The van der Waals surface area contributed by atoms with Crippen LogP contribution in [0.5, 0.6) is 0 Å². The lowest BCUT2D eigenvalue weighted by molar-refractivity contribution is -0.115. The third-order valence-corrected chi connectivity index (χ3v) is 2.38. The Hall–Kier alpha value is -2.60. The first-order valence-electron chi connectivity index (χ1n) is 5.15. The third kappa shape index (κ3) is 2.70. The monoisotopic (exact) mass is 222 g/mol. The van der Waals surface area contributed by atoms with Gasteiger partial charge in [0.25, 0.3) is 5.91 Å². The standard InChI is InChI=1S/C14H10N2O/c15-10-16-14(17)8-6-11-5-7-12-3-1-2-4-13(12)9-11/h1-9H,(H,16,17)/b8-6-. The van der Waals surface area contributed by atoms with E-state index in [2.05, 4.69) is 0 Å². The molecule has 2 aromatic rings. The first-order valence-corrected chi connectivity index (χ1v) is 5.15. The molecular weight excluding hydrogens is 212 g/mol. The van der Waals surface area contributed by atoms with E-state index in [0.717, 1.165) is 16.3 Å². The van der Waals surface area contributed by atoms with Gasteiger partial charge in [0.05, 0.1) is 0 Å². The summed E-state index contributed by atoms with van der Waals surface area (Å²) in [5.74, 6) is -0.416. The van der Waals surface area contributed by atoms with Crippen molar-refractivity contribution in [1.29, 1.82) is 5.26 Å². The Morgan fingerprint density at radius 3 is 2.71 bits per heavy atom. The van der Waals surface area contributed by atoms with Crippen LogP contribution >= 0.6 is 0 Å². The van der Waals surface area contributed by atoms with E-state index in [1.165, 1.54) is 6.08 Å². The molecule has 0 bridgehead atoms. The summed E-state index contributed by atoms with van der Waals surface area (Å²) in [6.07, 6.45) is 4.60. The van der Waals surface area contributed by atoms with Crippen LogP contribution in [0.2, 0.25) is 0 Å². The van der Waals surface area contributed by atoms with E-state index in [4.69, 9.17) is 5.26 Å². The predicted molar refractivity (Wildman–Crippen MR) is 66.7 cm³/mol. The predicted octanol–water partition coefficient (Wildman–Crippen LogP) is 2.45. The molecule has 0 saturated heterocycles. The molecule has 0 aromatic heterocycles. The van der Waals surface area contributed by atoms with Gasteiger partial charge in [-0.25, -0.2) is 0 Å². The molecule has 0 atom stereocenters. The molecule has 0 radical (unpaired) electrons. The van der Waals surface area contributed by atoms with Gasteiger partial charge in [-0.2, -0.15) is 5.26 Å². The Bertz CT molecular complexity index is 623. The third-order valence-electron chi connectivity index (χ3n) is 2.38. The maximum absolute atomic E-state index is 11.1. The summed E-state index contributed by atoms with van der Waals surface area (Å²) in [6.45, 7) is 0. The number of amides is 1. The van der Waals surface area contributed by atoms with Crippen molar-refractivity contribution in [3.8, 4) is 6.19 Å². The largest absolute Gasteiger partial charge is 0.269 e. The van der Waals surface area contributed by atoms with Gasteiger partial charge < -0.3 is 0 Å². The first kappa shape index (κ1) is 10.9. The van der Waals surface area contributed by atoms with E-state index < -0.39 is 5.91 Å². The van der Waals surface area contributed by atoms with Crippen LogP contribution in [-0.4, -0.2) is 5.91 Å². The Morgan fingerprint density at radius 1 is 1.18 bits per heavy atom. The summed E-state index contributed by atoms with van der Waals surface area (Å²) in [7, 11) is 0. The average molecular weight is 222 g/mol. The van der Waals surface area contributed by atoms with Crippen molar-refractivity contribution in [2.45, 2.75) is 0 Å². The molecular formula is C14H10N2O. The highest BCUT2D eigenvalue weighted by Gasteiger charge is 1.95. The lowest BCUT2D eigenvalue weighted by Gasteiger charge is -1.98. The maximum Gasteiger partial charge on any atom is 0.256 e. The normalized spacial score (nSPS) is 10.3. The van der Waals surface area contributed by atoms with Crippen molar-refractivity contribution in [2.75, 3.05) is 0 Å². The van der Waals surface area contributed by atoms with Gasteiger partial charge in [-0.15, -0.1) is 0 Å². The molecule has 2 aromatic carbocycles. The van der Waals surface area contributed by atoms with Gasteiger partial charge in [0.1, 0.15) is 0 Å². The number of carbonyl (C=O) groups excluding carboxylic acids is 1. The summed E-state index contributed by atoms with van der Waals surface area (Å²) in [6, 6.07) is 13.9. The molecule has 17 heavy (non-hydrogen) atoms. The van der Waals surface area contributed by atoms with Crippen LogP contribution in [0.25, 0.3) is 16.8 Å². The van der Waals surface area contributed by atoms with E-state index >= 15 is 0 Å². The average Bonchev–Trinajstić information content (AvgIpc) is 2.36. The van der Waals surface area contributed by atoms with E-state index in [0.29, 0.717) is 0 Å². The number of rotatable bonds is 2. The number of nitriles is 1. The molecule has 3 heteroatoms. The van der Waals surface area contributed by atoms with Crippen molar-refractivity contribution in [1.82, 2.24) is 5.32 Å². The summed E-state index contributed by atoms with van der Waals surface area (Å²) in [5.41, 5.74) is 0.928. The topological polar surface area (TPSA) is 52.9 Å². The van der Waals surface area contributed by atoms with Gasteiger partial charge >= 0.3 is 0 Å². The Balaban J connectivity index is 2.26. The highest BCUT2D eigenvalue weighted by atomic mass is 16.1. The first-order chi connectivity index (χ1) is 8.29. The Morgan fingerprint density at radius 2 is 1.94 bits per heavy atom. The minimum absolute atomic E-state index is 0.416. The number of hydrogen-bond donors (Lipinski definition) is 1. The van der Waals surface area contributed by atoms with Gasteiger partial charge in [-0.3, -0.25) is 10.1 Å². The second-order valence-corrected chi connectivity index (χ2v) is 3.54. The summed E-state index contributed by atoms with van der Waals surface area (Å²) < 4.78 is 0. The van der Waals surface area contributed by atoms with Gasteiger partial charge in [-0.1, -0.05) is 36.4 Å². The highest BCUT2D eigenvalue weighted by molar-refractivity contribution is 5.93. The Labute approximate surface area is 99.0 Å². The van der Waals surface area contributed by atoms with Gasteiger partial charge in [0, 0.05) is 6.08 Å². The number of fused-ring (bicyclic) bond motifs is 1. The number of hydrogen-bond acceptors (Lipinski definition) is 2. The fourth-order valence-corrected chi connectivity index (χ4v) is 1.58. The zero-order valence-corrected chi connectivity index (χ0v) is 9.05. The lowest BCUT2D eigenvalue weighted by Crippen LogP contribution is -2.13. The van der Waals surface area contributed by atoms with Crippen LogP contribution in [-0.2, 0) is 4.79 Å². The van der Waals surface area contributed by atoms with Crippen molar-refractivity contribution in [2.24, 2.45) is 0 Å². The maximum atomic E-state index is 11.1. The molecule has 0 aliphatic heterocycles. The molecule has 1 N–H and O–H groups in total. The molecule has 2 rings (SSSR count). The van der Waals surface area contributed by atoms with Crippen LogP contribution in [0.15, 0.2) is 48.5 Å². The second-order valence-electron chi connectivity index (χ2n) is 3.54. The smallest absolute Gasteiger partial charge is 0.256 e. The lowest BCUT2D eigenvalue weighted by atomic mass is 10.1. The van der Waals surface area contributed by atoms with Crippen LogP contribution < -0.4 is 5.32 Å². The van der Waals surface area contributed by atoms with Crippen molar-refractivity contribution in [3.63, 3.8) is 0 Å². The minimum Gasteiger partial charge on any atom is -0.269 e. The molecule has 0 aliphatic carbocycles. The molecule has 0 saturated carbocycles. The zero-order chi connectivity index (χ0) is 12.1. The summed E-state index contributed by atoms with van der Waals surface area (Å²) in [4.78, 5) is 11.1. The molecule has 0 aliphatic rings. The van der Waals surface area contributed by atoms with Crippen LogP contribution in [0.4, 0.5) is 0 Å². The highest BCUT2D eigenvalue weighted by Crippen LogP contribution is 2.16. The van der Waals surface area contributed by atoms with Gasteiger partial charge in [0.15, 0.2) is 6.19 Å². The quantitative estimate of drug-likeness (QED) is 0.482. The SMILES string of the molecule is N#CNC(=O)/C=C\c1ccc2ccccc2c1. The van der Waals surface area contributed by atoms with Crippen molar-refractivity contribution in [3.05, 3.63) is 54.1 Å². The summed E-state index contributed by atoms with van der Waals surface area (Å²) >= 11 is 0. The van der Waals surface area contributed by atoms with E-state index in [-0.39, 0.29) is 0 Å². The summed E-state index contributed by atoms with van der Waals surface area (Å²) in [5, 5.41) is 12.6. The number of benzene rings is 2. The zero-order valence-electron chi connectivity index (χ0n) is 9.05. The minimum atomic E-state index is -0.416. The van der Waals surface area contributed by atoms with Crippen LogP contribution in [0.3, 0.4) is 0 Å². The fraction of sp³-hybridized carbons (Fsp3) is 0. The van der Waals surface area contributed by atoms with E-state index in [1.807, 2.05) is 47.8 Å². The molecule has 0 heterocycles. The Kier molecular flexibility index (Phi) is 3.18. The van der Waals surface area contributed by atoms with Crippen LogP contribution in [0.1, 0.15) is 5.56 Å². The van der Waals surface area contributed by atoms with Gasteiger partial charge in [-0.05, 0) is 28.5 Å². The van der Waals surface area contributed by atoms with E-state index in [9.17, 15) is 4.79 Å². The second kappa shape index (κ2) is 4.95. The molecule has 82 valence electrons. The molecule has 1 amide bonds. The van der Waals surface area contributed by atoms with Crippen LogP contribution in [0, 0.1) is 11.5 Å². The fourth-order valence-electron chi connectivity index (χ4n) is 1.58. The van der Waals surface area contributed by atoms with E-state index in [1.54, 1.807) is 12.3 Å². The number of nitrogens with one attached hydrogen (secondary N) is 1. The van der Waals surface area contributed by atoms with Gasteiger partial charge in [0.2, 0.25) is 0 Å². The number of carbonyl (C=O) groups is 1. The van der Waals surface area contributed by atoms with Crippen molar-refractivity contribution >= 4 is 22.8 Å². The molecule has 0 unspecified atom stereocenters. The molecule has 0 fully saturated rings.